The molecular weight excluding hydrogens is 396 g/mol. The Kier molecular flexibility index (Phi) is 5.29. The number of aromatic amines is 1. The first kappa shape index (κ1) is 18.5. The number of halogens is 2. The zero-order valence-electron chi connectivity index (χ0n) is 14.6. The van der Waals surface area contributed by atoms with Crippen LogP contribution in [0, 0.1) is 0 Å². The van der Waals surface area contributed by atoms with Gasteiger partial charge in [0.2, 0.25) is 0 Å². The maximum atomic E-state index is 3.90. The quantitative estimate of drug-likeness (QED) is 0.515. The summed E-state index contributed by atoms with van der Waals surface area (Å²) in [7, 11) is 0. The molecule has 0 amide bonds. The topological polar surface area (TPSA) is 27.8 Å². The van der Waals surface area contributed by atoms with E-state index in [1.807, 2.05) is 0 Å². The van der Waals surface area contributed by atoms with E-state index >= 15 is 0 Å². The SMILES string of the molecule is CC(C)(NC1CCCc2c1[nH]c1ccc(Br)cc21)c1ccccc1.Cl. The third-order valence-corrected chi connectivity index (χ3v) is 5.69. The second-order valence-corrected chi connectivity index (χ2v) is 8.20. The van der Waals surface area contributed by atoms with Crippen LogP contribution in [-0.4, -0.2) is 4.98 Å². The van der Waals surface area contributed by atoms with E-state index in [2.05, 4.69) is 88.6 Å². The van der Waals surface area contributed by atoms with Crippen LogP contribution in [0.4, 0.5) is 0 Å². The van der Waals surface area contributed by atoms with Crippen LogP contribution >= 0.6 is 28.3 Å². The molecule has 0 aliphatic heterocycles. The molecule has 1 atom stereocenters. The first-order valence-electron chi connectivity index (χ1n) is 8.68. The van der Waals surface area contributed by atoms with Crippen LogP contribution in [0.2, 0.25) is 0 Å². The van der Waals surface area contributed by atoms with Crippen molar-refractivity contribution in [3.05, 3.63) is 69.8 Å². The predicted molar refractivity (Wildman–Crippen MR) is 112 cm³/mol. The van der Waals surface area contributed by atoms with Crippen molar-refractivity contribution in [1.29, 1.82) is 0 Å². The number of nitrogens with one attached hydrogen (secondary N) is 2. The third-order valence-electron chi connectivity index (χ3n) is 5.20. The smallest absolute Gasteiger partial charge is 0.0482 e. The van der Waals surface area contributed by atoms with Gasteiger partial charge >= 0.3 is 0 Å². The van der Waals surface area contributed by atoms with Gasteiger partial charge in [0, 0.05) is 32.7 Å². The highest BCUT2D eigenvalue weighted by molar-refractivity contribution is 9.10. The van der Waals surface area contributed by atoms with Gasteiger partial charge in [-0.3, -0.25) is 5.32 Å². The molecule has 0 bridgehead atoms. The Bertz CT molecular complexity index is 870. The van der Waals surface area contributed by atoms with Crippen molar-refractivity contribution in [3.8, 4) is 0 Å². The van der Waals surface area contributed by atoms with Gasteiger partial charge in [0.25, 0.3) is 0 Å². The van der Waals surface area contributed by atoms with Crippen LogP contribution in [0.25, 0.3) is 10.9 Å². The summed E-state index contributed by atoms with van der Waals surface area (Å²) in [6.07, 6.45) is 3.57. The van der Waals surface area contributed by atoms with Crippen molar-refractivity contribution in [2.45, 2.75) is 44.7 Å². The largest absolute Gasteiger partial charge is 0.357 e. The lowest BCUT2D eigenvalue weighted by molar-refractivity contribution is 0.316. The highest BCUT2D eigenvalue weighted by atomic mass is 79.9. The lowest BCUT2D eigenvalue weighted by atomic mass is 9.87. The molecule has 0 radical (unpaired) electrons. The van der Waals surface area contributed by atoms with Crippen LogP contribution < -0.4 is 5.32 Å². The lowest BCUT2D eigenvalue weighted by Crippen LogP contribution is -2.40. The average Bonchev–Trinajstić information content (AvgIpc) is 2.95. The monoisotopic (exact) mass is 418 g/mol. The average molecular weight is 420 g/mol. The molecule has 0 fully saturated rings. The van der Waals surface area contributed by atoms with Crippen LogP contribution in [-0.2, 0) is 12.0 Å². The molecule has 4 rings (SSSR count). The predicted octanol–water partition coefficient (Wildman–Crippen LogP) is 6.25. The first-order valence-corrected chi connectivity index (χ1v) is 9.47. The summed E-state index contributed by atoms with van der Waals surface area (Å²) in [6.45, 7) is 4.55. The number of fused-ring (bicyclic) bond motifs is 3. The molecule has 3 aromatic rings. The molecule has 1 heterocycles. The Hall–Kier alpha value is -1.29. The summed E-state index contributed by atoms with van der Waals surface area (Å²) in [5.41, 5.74) is 5.38. The second-order valence-electron chi connectivity index (χ2n) is 7.29. The summed E-state index contributed by atoms with van der Waals surface area (Å²) in [6, 6.07) is 17.6. The van der Waals surface area contributed by atoms with E-state index in [1.54, 1.807) is 0 Å². The maximum Gasteiger partial charge on any atom is 0.0482 e. The molecule has 25 heavy (non-hydrogen) atoms. The van der Waals surface area contributed by atoms with E-state index in [-0.39, 0.29) is 17.9 Å². The molecule has 0 saturated carbocycles. The van der Waals surface area contributed by atoms with Crippen molar-refractivity contribution < 1.29 is 0 Å². The van der Waals surface area contributed by atoms with Gasteiger partial charge in [-0.2, -0.15) is 0 Å². The number of hydrogen-bond donors (Lipinski definition) is 2. The molecule has 0 saturated heterocycles. The van der Waals surface area contributed by atoms with Crippen molar-refractivity contribution in [1.82, 2.24) is 10.3 Å². The van der Waals surface area contributed by atoms with Gasteiger partial charge in [-0.25, -0.2) is 0 Å². The number of aryl methyl sites for hydroxylation is 1. The molecule has 4 heteroatoms. The number of hydrogen-bond acceptors (Lipinski definition) is 1. The van der Waals surface area contributed by atoms with Crippen molar-refractivity contribution in [2.75, 3.05) is 0 Å². The fourth-order valence-electron chi connectivity index (χ4n) is 3.95. The van der Waals surface area contributed by atoms with E-state index in [1.165, 1.54) is 40.6 Å². The molecule has 2 N–H and O–H groups in total. The minimum absolute atomic E-state index is 0. The van der Waals surface area contributed by atoms with Gasteiger partial charge in [-0.1, -0.05) is 46.3 Å². The maximum absolute atomic E-state index is 3.90. The summed E-state index contributed by atoms with van der Waals surface area (Å²) in [4.78, 5) is 3.68. The van der Waals surface area contributed by atoms with E-state index < -0.39 is 0 Å². The minimum Gasteiger partial charge on any atom is -0.357 e. The van der Waals surface area contributed by atoms with Crippen LogP contribution in [0.15, 0.2) is 53.0 Å². The lowest BCUT2D eigenvalue weighted by Gasteiger charge is -2.34. The Morgan fingerprint density at radius 3 is 2.64 bits per heavy atom. The number of H-pyrrole nitrogens is 1. The van der Waals surface area contributed by atoms with E-state index in [0.717, 1.165) is 10.9 Å². The number of benzene rings is 2. The van der Waals surface area contributed by atoms with Crippen LogP contribution in [0.5, 0.6) is 0 Å². The highest BCUT2D eigenvalue weighted by Gasteiger charge is 2.30. The van der Waals surface area contributed by atoms with E-state index in [0.29, 0.717) is 6.04 Å². The molecule has 1 aliphatic rings. The first-order chi connectivity index (χ1) is 11.5. The molecule has 1 unspecified atom stereocenters. The number of rotatable bonds is 3. The minimum atomic E-state index is -0.0571. The summed E-state index contributed by atoms with van der Waals surface area (Å²) >= 11 is 3.61. The molecule has 132 valence electrons. The standard InChI is InChI=1S/C21H23BrN2.ClH/c1-21(2,14-7-4-3-5-8-14)24-19-10-6-9-16-17-13-15(22)11-12-18(17)23-20(16)19;/h3-5,7-8,11-13,19,23-24H,6,9-10H2,1-2H3;1H. The fourth-order valence-corrected chi connectivity index (χ4v) is 4.31. The van der Waals surface area contributed by atoms with E-state index in [9.17, 15) is 0 Å². The third kappa shape index (κ3) is 3.51. The second kappa shape index (κ2) is 7.14. The van der Waals surface area contributed by atoms with Crippen molar-refractivity contribution in [3.63, 3.8) is 0 Å². The Morgan fingerprint density at radius 2 is 1.88 bits per heavy atom. The molecule has 2 nitrogen and oxygen atoms in total. The van der Waals surface area contributed by atoms with E-state index in [4.69, 9.17) is 0 Å². The summed E-state index contributed by atoms with van der Waals surface area (Å²) in [5, 5.41) is 5.26. The molecule has 1 aliphatic carbocycles. The van der Waals surface area contributed by atoms with Crippen LogP contribution in [0.3, 0.4) is 0 Å². The molecule has 2 aromatic carbocycles. The van der Waals surface area contributed by atoms with Crippen LogP contribution in [0.1, 0.15) is 49.6 Å². The molecule has 1 aromatic heterocycles. The Morgan fingerprint density at radius 1 is 1.12 bits per heavy atom. The Balaban J connectivity index is 0.00000182. The van der Waals surface area contributed by atoms with Gasteiger partial charge in [0.15, 0.2) is 0 Å². The van der Waals surface area contributed by atoms with Crippen molar-refractivity contribution >= 4 is 39.2 Å². The summed E-state index contributed by atoms with van der Waals surface area (Å²) < 4.78 is 1.15. The van der Waals surface area contributed by atoms with Gasteiger partial charge in [0.1, 0.15) is 0 Å². The van der Waals surface area contributed by atoms with Gasteiger partial charge in [-0.05, 0) is 62.4 Å². The molecule has 0 spiro atoms. The summed E-state index contributed by atoms with van der Waals surface area (Å²) in [5.74, 6) is 0. The fraction of sp³-hybridized carbons (Fsp3) is 0.333. The zero-order valence-corrected chi connectivity index (χ0v) is 17.0. The molecular formula is C21H24BrClN2. The zero-order chi connectivity index (χ0) is 16.7. The van der Waals surface area contributed by atoms with Crippen molar-refractivity contribution in [2.24, 2.45) is 0 Å². The number of aromatic nitrogens is 1. The Labute approximate surface area is 163 Å². The van der Waals surface area contributed by atoms with Gasteiger partial charge < -0.3 is 4.98 Å². The van der Waals surface area contributed by atoms with Gasteiger partial charge in [0.05, 0.1) is 0 Å². The highest BCUT2D eigenvalue weighted by Crippen LogP contribution is 2.37. The van der Waals surface area contributed by atoms with Gasteiger partial charge in [-0.15, -0.1) is 12.4 Å². The normalized spacial score (nSPS) is 17.2.